The van der Waals surface area contributed by atoms with Gasteiger partial charge in [-0.25, -0.2) is 19.6 Å². The summed E-state index contributed by atoms with van der Waals surface area (Å²) in [7, 11) is 0. The third-order valence-electron chi connectivity index (χ3n) is 4.05. The van der Waals surface area contributed by atoms with E-state index in [4.69, 9.17) is 5.84 Å². The number of nitrogen functional groups attached to an aromatic ring is 1. The van der Waals surface area contributed by atoms with Gasteiger partial charge in [-0.05, 0) is 18.3 Å². The number of hydrazine groups is 1. The summed E-state index contributed by atoms with van der Waals surface area (Å²) in [5.41, 5.74) is 2.11. The molecule has 6 heteroatoms. The zero-order valence-corrected chi connectivity index (χ0v) is 11.8. The van der Waals surface area contributed by atoms with E-state index < -0.39 is 11.6 Å². The van der Waals surface area contributed by atoms with Crippen LogP contribution in [0.15, 0.2) is 6.07 Å². The maximum absolute atomic E-state index is 13.6. The third-order valence-corrected chi connectivity index (χ3v) is 4.05. The Hall–Kier alpha value is -1.43. The molecule has 1 saturated carbocycles. The third kappa shape index (κ3) is 3.79. The van der Waals surface area contributed by atoms with Crippen LogP contribution in [0, 0.1) is 23.5 Å². The maximum Gasteiger partial charge on any atom is 0.178 e. The van der Waals surface area contributed by atoms with Crippen molar-refractivity contribution in [2.24, 2.45) is 17.7 Å². The zero-order valence-electron chi connectivity index (χ0n) is 11.8. The lowest BCUT2D eigenvalue weighted by Gasteiger charge is -2.26. The molecule has 0 amide bonds. The van der Waals surface area contributed by atoms with E-state index in [2.05, 4.69) is 22.7 Å². The van der Waals surface area contributed by atoms with Crippen molar-refractivity contribution in [1.29, 1.82) is 0 Å². The lowest BCUT2D eigenvalue weighted by atomic mass is 9.81. The Morgan fingerprint density at radius 2 is 1.85 bits per heavy atom. The van der Waals surface area contributed by atoms with Gasteiger partial charge in [-0.1, -0.05) is 32.6 Å². The highest BCUT2D eigenvalue weighted by Crippen LogP contribution is 2.30. The van der Waals surface area contributed by atoms with Crippen LogP contribution in [0.25, 0.3) is 0 Å². The van der Waals surface area contributed by atoms with E-state index in [1.807, 2.05) is 0 Å². The van der Waals surface area contributed by atoms with Crippen LogP contribution in [0.3, 0.4) is 0 Å². The molecule has 1 aromatic heterocycles. The van der Waals surface area contributed by atoms with Gasteiger partial charge in [-0.2, -0.15) is 0 Å². The number of pyridine rings is 1. The molecule has 1 fully saturated rings. The molecule has 0 spiro atoms. The van der Waals surface area contributed by atoms with Crippen LogP contribution in [0.2, 0.25) is 0 Å². The number of hydrogen-bond acceptors (Lipinski definition) is 4. The number of anilines is 2. The van der Waals surface area contributed by atoms with Crippen molar-refractivity contribution in [3.63, 3.8) is 0 Å². The van der Waals surface area contributed by atoms with Gasteiger partial charge in [0, 0.05) is 12.6 Å². The molecule has 0 bridgehead atoms. The van der Waals surface area contributed by atoms with E-state index in [1.54, 1.807) is 0 Å². The number of hydrogen-bond donors (Lipinski definition) is 3. The van der Waals surface area contributed by atoms with Crippen molar-refractivity contribution < 1.29 is 8.78 Å². The molecule has 1 aliphatic rings. The molecule has 4 N–H and O–H groups in total. The Bertz CT molecular complexity index is 445. The topological polar surface area (TPSA) is 63.0 Å². The summed E-state index contributed by atoms with van der Waals surface area (Å²) in [5, 5.41) is 2.93. The Morgan fingerprint density at radius 3 is 2.50 bits per heavy atom. The van der Waals surface area contributed by atoms with Crippen molar-refractivity contribution in [3.8, 4) is 0 Å². The average Bonchev–Trinajstić information content (AvgIpc) is 2.43. The van der Waals surface area contributed by atoms with Crippen LogP contribution in [0.5, 0.6) is 0 Å². The first kappa shape index (κ1) is 15.0. The number of halogens is 2. The van der Waals surface area contributed by atoms with Gasteiger partial charge in [-0.15, -0.1) is 0 Å². The van der Waals surface area contributed by atoms with Crippen molar-refractivity contribution in [2.45, 2.75) is 39.0 Å². The minimum Gasteiger partial charge on any atom is -0.368 e. The molecule has 0 saturated heterocycles. The van der Waals surface area contributed by atoms with E-state index in [-0.39, 0.29) is 11.6 Å². The molecule has 4 nitrogen and oxygen atoms in total. The maximum atomic E-state index is 13.6. The van der Waals surface area contributed by atoms with Crippen LogP contribution in [0.4, 0.5) is 20.4 Å². The van der Waals surface area contributed by atoms with Crippen LogP contribution in [-0.2, 0) is 0 Å². The number of nitrogens with one attached hydrogen (secondary N) is 2. The van der Waals surface area contributed by atoms with Crippen molar-refractivity contribution >= 4 is 11.6 Å². The first-order chi connectivity index (χ1) is 9.60. The molecule has 0 aromatic carbocycles. The fourth-order valence-corrected chi connectivity index (χ4v) is 2.70. The lowest BCUT2D eigenvalue weighted by Crippen LogP contribution is -2.17. The minimum absolute atomic E-state index is 0.0449. The zero-order chi connectivity index (χ0) is 14.5. The minimum atomic E-state index is -0.795. The van der Waals surface area contributed by atoms with Gasteiger partial charge in [0.05, 0.1) is 0 Å². The highest BCUT2D eigenvalue weighted by molar-refractivity contribution is 5.46. The predicted octanol–water partition coefficient (Wildman–Crippen LogP) is 3.27. The van der Waals surface area contributed by atoms with Crippen LogP contribution < -0.4 is 16.6 Å². The summed E-state index contributed by atoms with van der Waals surface area (Å²) in [4.78, 5) is 3.79. The van der Waals surface area contributed by atoms with Crippen molar-refractivity contribution in [3.05, 3.63) is 17.7 Å². The van der Waals surface area contributed by atoms with E-state index in [1.165, 1.54) is 25.7 Å². The van der Waals surface area contributed by atoms with E-state index in [0.29, 0.717) is 12.5 Å². The molecule has 0 radical (unpaired) electrons. The van der Waals surface area contributed by atoms with Crippen LogP contribution >= 0.6 is 0 Å². The highest BCUT2D eigenvalue weighted by Gasteiger charge is 2.18. The molecule has 1 aromatic rings. The number of nitrogens with zero attached hydrogens (tertiary/aromatic N) is 1. The predicted molar refractivity (Wildman–Crippen MR) is 76.2 cm³/mol. The molecular weight excluding hydrogens is 262 g/mol. The summed E-state index contributed by atoms with van der Waals surface area (Å²) in [6, 6.07) is 0.785. The summed E-state index contributed by atoms with van der Waals surface area (Å²) >= 11 is 0. The first-order valence-electron chi connectivity index (χ1n) is 7.16. The van der Waals surface area contributed by atoms with Crippen LogP contribution in [0.1, 0.15) is 39.0 Å². The molecule has 0 atom stereocenters. The van der Waals surface area contributed by atoms with Gasteiger partial charge in [0.15, 0.2) is 23.3 Å². The fourth-order valence-electron chi connectivity index (χ4n) is 2.70. The van der Waals surface area contributed by atoms with Crippen molar-refractivity contribution in [2.75, 3.05) is 17.3 Å². The molecule has 20 heavy (non-hydrogen) atoms. The van der Waals surface area contributed by atoms with Gasteiger partial charge in [-0.3, -0.25) is 0 Å². The lowest BCUT2D eigenvalue weighted by molar-refractivity contribution is 0.282. The van der Waals surface area contributed by atoms with Gasteiger partial charge in [0.25, 0.3) is 0 Å². The van der Waals surface area contributed by atoms with Crippen molar-refractivity contribution in [1.82, 2.24) is 4.98 Å². The van der Waals surface area contributed by atoms with Gasteiger partial charge < -0.3 is 10.7 Å². The normalized spacial score (nSPS) is 22.6. The molecule has 0 unspecified atom stereocenters. The summed E-state index contributed by atoms with van der Waals surface area (Å²) in [5.74, 6) is 5.04. The van der Waals surface area contributed by atoms with Gasteiger partial charge in [0.1, 0.15) is 0 Å². The quantitative estimate of drug-likeness (QED) is 0.573. The second-order valence-corrected chi connectivity index (χ2v) is 5.63. The fraction of sp³-hybridized carbons (Fsp3) is 0.643. The summed E-state index contributed by atoms with van der Waals surface area (Å²) < 4.78 is 26.8. The Morgan fingerprint density at radius 1 is 1.20 bits per heavy atom. The van der Waals surface area contributed by atoms with Gasteiger partial charge >= 0.3 is 0 Å². The molecule has 2 rings (SSSR count). The number of nitrogens with two attached hydrogens (primary N) is 1. The van der Waals surface area contributed by atoms with Crippen LogP contribution in [-0.4, -0.2) is 11.5 Å². The van der Waals surface area contributed by atoms with E-state index in [0.717, 1.165) is 18.4 Å². The highest BCUT2D eigenvalue weighted by atomic mass is 19.1. The summed E-state index contributed by atoms with van der Waals surface area (Å²) in [6.07, 6.45) is 6.00. The Balaban J connectivity index is 1.85. The molecular formula is C14H22F2N4. The summed E-state index contributed by atoms with van der Waals surface area (Å²) in [6.45, 7) is 2.92. The van der Waals surface area contributed by atoms with Gasteiger partial charge in [0.2, 0.25) is 0 Å². The SMILES string of the molecule is CC1CCC(CCNc2nc(NN)c(F)cc2F)CC1. The standard InChI is InChI=1S/C14H22F2N4/c1-9-2-4-10(5-3-9)6-7-18-13-11(15)8-12(16)14(19-13)20-17/h8-10H,2-7,17H2,1H3,(H2,18,19,20). The molecule has 112 valence electrons. The average molecular weight is 284 g/mol. The first-order valence-corrected chi connectivity index (χ1v) is 7.16. The van der Waals surface area contributed by atoms with E-state index in [9.17, 15) is 8.78 Å². The number of rotatable bonds is 5. The smallest absolute Gasteiger partial charge is 0.178 e. The van der Waals surface area contributed by atoms with E-state index >= 15 is 0 Å². The number of aromatic nitrogens is 1. The molecule has 1 heterocycles. The largest absolute Gasteiger partial charge is 0.368 e. The Kier molecular flexibility index (Phi) is 5.11. The second kappa shape index (κ2) is 6.83. The second-order valence-electron chi connectivity index (χ2n) is 5.63. The monoisotopic (exact) mass is 284 g/mol. The molecule has 1 aliphatic carbocycles. The Labute approximate surface area is 118 Å². The molecule has 0 aliphatic heterocycles.